The van der Waals surface area contributed by atoms with E-state index in [1.165, 1.54) is 30.3 Å². The zero-order valence-electron chi connectivity index (χ0n) is 11.8. The first-order valence-electron chi connectivity index (χ1n) is 6.74. The third-order valence-corrected chi connectivity index (χ3v) is 6.64. The highest BCUT2D eigenvalue weighted by molar-refractivity contribution is 7.91. The van der Waals surface area contributed by atoms with Crippen LogP contribution in [0.5, 0.6) is 0 Å². The van der Waals surface area contributed by atoms with Gasteiger partial charge in [-0.2, -0.15) is 4.31 Å². The Morgan fingerprint density at radius 1 is 1.48 bits per heavy atom. The van der Waals surface area contributed by atoms with Crippen LogP contribution in [0.25, 0.3) is 0 Å². The number of sulfonamides is 1. The van der Waals surface area contributed by atoms with E-state index < -0.39 is 16.0 Å². The third-order valence-electron chi connectivity index (χ3n) is 3.23. The second kappa shape index (κ2) is 6.87. The van der Waals surface area contributed by atoms with E-state index >= 15 is 0 Å². The van der Waals surface area contributed by atoms with E-state index in [0.717, 1.165) is 11.3 Å². The van der Waals surface area contributed by atoms with Crippen LogP contribution in [0.15, 0.2) is 16.3 Å². The van der Waals surface area contributed by atoms with Gasteiger partial charge in [-0.25, -0.2) is 8.42 Å². The Morgan fingerprint density at radius 3 is 2.81 bits per heavy atom. The van der Waals surface area contributed by atoms with Crippen molar-refractivity contribution in [3.8, 4) is 0 Å². The van der Waals surface area contributed by atoms with Gasteiger partial charge in [-0.1, -0.05) is 0 Å². The summed E-state index contributed by atoms with van der Waals surface area (Å²) in [6.45, 7) is 1.37. The predicted octanol–water partition coefficient (Wildman–Crippen LogP) is 1.42. The van der Waals surface area contributed by atoms with Crippen molar-refractivity contribution in [1.29, 1.82) is 0 Å². The summed E-state index contributed by atoms with van der Waals surface area (Å²) in [6, 6.07) is 3.00. The molecule has 1 heterocycles. The number of hydrogen-bond acceptors (Lipinski definition) is 5. The van der Waals surface area contributed by atoms with Gasteiger partial charge in [0.05, 0.1) is 13.0 Å². The van der Waals surface area contributed by atoms with Gasteiger partial charge in [0.25, 0.3) is 10.0 Å². The lowest BCUT2D eigenvalue weighted by Gasteiger charge is -2.15. The predicted molar refractivity (Wildman–Crippen MR) is 79.0 cm³/mol. The summed E-state index contributed by atoms with van der Waals surface area (Å²) >= 11 is 0.999. The maximum atomic E-state index is 12.3. The van der Waals surface area contributed by atoms with Crippen LogP contribution in [0, 0.1) is 5.92 Å². The maximum absolute atomic E-state index is 12.3. The second-order valence-corrected chi connectivity index (χ2v) is 8.58. The molecule has 1 N–H and O–H groups in total. The Morgan fingerprint density at radius 2 is 2.19 bits per heavy atom. The maximum Gasteiger partial charge on any atom is 0.308 e. The lowest BCUT2D eigenvalue weighted by Crippen LogP contribution is -2.30. The molecule has 0 atom stereocenters. The highest BCUT2D eigenvalue weighted by Gasteiger charge is 2.24. The molecule has 1 aromatic heterocycles. The minimum absolute atomic E-state index is 0.158. The summed E-state index contributed by atoms with van der Waals surface area (Å²) in [4.78, 5) is 11.2. The lowest BCUT2D eigenvalue weighted by molar-refractivity contribution is -0.136. The van der Waals surface area contributed by atoms with Gasteiger partial charge in [-0.15, -0.1) is 11.3 Å². The highest BCUT2D eigenvalue weighted by Crippen LogP contribution is 2.29. The van der Waals surface area contributed by atoms with Crippen LogP contribution >= 0.6 is 11.3 Å². The molecule has 0 bridgehead atoms. The van der Waals surface area contributed by atoms with E-state index in [1.807, 2.05) is 0 Å². The van der Waals surface area contributed by atoms with E-state index in [1.54, 1.807) is 6.07 Å². The van der Waals surface area contributed by atoms with Crippen molar-refractivity contribution in [2.45, 2.75) is 23.5 Å². The van der Waals surface area contributed by atoms with Crippen molar-refractivity contribution in [1.82, 2.24) is 4.31 Å². The van der Waals surface area contributed by atoms with Crippen molar-refractivity contribution in [3.63, 3.8) is 0 Å². The quantitative estimate of drug-likeness (QED) is 0.691. The Bertz CT molecular complexity index is 591. The molecule has 21 heavy (non-hydrogen) atoms. The average Bonchev–Trinajstić information content (AvgIpc) is 3.11. The van der Waals surface area contributed by atoms with Crippen molar-refractivity contribution in [3.05, 3.63) is 17.0 Å². The number of hydrogen-bond donors (Lipinski definition) is 1. The van der Waals surface area contributed by atoms with Crippen LogP contribution in [0.1, 0.15) is 17.7 Å². The van der Waals surface area contributed by atoms with E-state index in [2.05, 4.69) is 0 Å². The number of carboxylic acid groups (broad SMARTS) is 1. The first-order valence-corrected chi connectivity index (χ1v) is 9.00. The topological polar surface area (TPSA) is 83.9 Å². The van der Waals surface area contributed by atoms with Crippen LogP contribution in [-0.4, -0.2) is 50.6 Å². The average molecular weight is 333 g/mol. The minimum Gasteiger partial charge on any atom is -0.481 e. The molecule has 0 unspecified atom stereocenters. The molecule has 1 aromatic rings. The van der Waals surface area contributed by atoms with Gasteiger partial charge in [0.15, 0.2) is 0 Å². The number of rotatable bonds is 9. The van der Waals surface area contributed by atoms with Crippen molar-refractivity contribution >= 4 is 27.3 Å². The molecular weight excluding hydrogens is 314 g/mol. The fraction of sp³-hybridized carbons (Fsp3) is 0.615. The Hall–Kier alpha value is -0.960. The first-order chi connectivity index (χ1) is 9.89. The zero-order valence-corrected chi connectivity index (χ0v) is 13.5. The normalized spacial score (nSPS) is 15.5. The molecule has 2 rings (SSSR count). The summed E-state index contributed by atoms with van der Waals surface area (Å²) < 4.78 is 31.5. The fourth-order valence-corrected chi connectivity index (χ4v) is 4.45. The Kier molecular flexibility index (Phi) is 5.37. The van der Waals surface area contributed by atoms with Crippen molar-refractivity contribution in [2.75, 3.05) is 26.8 Å². The van der Waals surface area contributed by atoms with E-state index in [0.29, 0.717) is 30.6 Å². The number of carboxylic acids is 1. The monoisotopic (exact) mass is 333 g/mol. The fourth-order valence-electron chi connectivity index (χ4n) is 1.74. The summed E-state index contributed by atoms with van der Waals surface area (Å²) in [6.07, 6.45) is 2.25. The number of nitrogens with zero attached hydrogens (tertiary/aromatic N) is 1. The Balaban J connectivity index is 1.88. The molecule has 0 spiro atoms. The molecule has 118 valence electrons. The molecular formula is C13H19NO5S2. The van der Waals surface area contributed by atoms with Crippen molar-refractivity contribution < 1.29 is 23.1 Å². The van der Waals surface area contributed by atoms with Gasteiger partial charge in [-0.3, -0.25) is 4.79 Å². The van der Waals surface area contributed by atoms with Gasteiger partial charge < -0.3 is 9.84 Å². The number of aliphatic carboxylic acids is 1. The van der Waals surface area contributed by atoms with Crippen LogP contribution in [-0.2, 0) is 26.0 Å². The molecule has 1 aliphatic rings. The first kappa shape index (κ1) is 16.4. The van der Waals surface area contributed by atoms with Gasteiger partial charge in [-0.05, 0) is 30.9 Å². The van der Waals surface area contributed by atoms with Gasteiger partial charge in [0.1, 0.15) is 4.21 Å². The highest BCUT2D eigenvalue weighted by atomic mass is 32.2. The third kappa shape index (κ3) is 4.77. The molecule has 8 heteroatoms. The van der Waals surface area contributed by atoms with Crippen LogP contribution < -0.4 is 0 Å². The number of ether oxygens (including phenoxy) is 1. The summed E-state index contributed by atoms with van der Waals surface area (Å²) in [5.41, 5.74) is 0. The molecule has 0 saturated heterocycles. The number of thiophene rings is 1. The molecule has 0 aliphatic heterocycles. The standard InChI is InChI=1S/C13H19NO5S2/c1-14(6-7-19-9-10-2-3-10)21(17,18)13-5-4-11(20-13)8-12(15)16/h4-5,10H,2-3,6-9H2,1H3,(H,15,16). The van der Waals surface area contributed by atoms with E-state index in [-0.39, 0.29) is 10.6 Å². The molecule has 0 radical (unpaired) electrons. The molecule has 0 amide bonds. The number of carbonyl (C=O) groups is 1. The minimum atomic E-state index is -3.56. The van der Waals surface area contributed by atoms with Crippen LogP contribution in [0.2, 0.25) is 0 Å². The van der Waals surface area contributed by atoms with Crippen molar-refractivity contribution in [2.24, 2.45) is 5.92 Å². The Labute approximate surface area is 128 Å². The molecule has 0 aromatic carbocycles. The van der Waals surface area contributed by atoms with Crippen LogP contribution in [0.3, 0.4) is 0 Å². The summed E-state index contributed by atoms with van der Waals surface area (Å²) in [5, 5.41) is 8.71. The van der Waals surface area contributed by atoms with Crippen LogP contribution in [0.4, 0.5) is 0 Å². The zero-order chi connectivity index (χ0) is 15.5. The smallest absolute Gasteiger partial charge is 0.308 e. The SMILES string of the molecule is CN(CCOCC1CC1)S(=O)(=O)c1ccc(CC(=O)O)s1. The lowest BCUT2D eigenvalue weighted by atomic mass is 10.3. The molecule has 1 aliphatic carbocycles. The number of likely N-dealkylation sites (N-methyl/N-ethyl adjacent to an activating group) is 1. The summed E-state index contributed by atoms with van der Waals surface area (Å²) in [7, 11) is -2.05. The second-order valence-electron chi connectivity index (χ2n) is 5.14. The molecule has 6 nitrogen and oxygen atoms in total. The molecule has 1 fully saturated rings. The van der Waals surface area contributed by atoms with Gasteiger partial charge in [0, 0.05) is 25.1 Å². The summed E-state index contributed by atoms with van der Waals surface area (Å²) in [5.74, 6) is -0.314. The van der Waals surface area contributed by atoms with Gasteiger partial charge >= 0.3 is 5.97 Å². The largest absolute Gasteiger partial charge is 0.481 e. The van der Waals surface area contributed by atoms with E-state index in [9.17, 15) is 13.2 Å². The van der Waals surface area contributed by atoms with E-state index in [4.69, 9.17) is 9.84 Å². The van der Waals surface area contributed by atoms with Gasteiger partial charge in [0.2, 0.25) is 0 Å². The molecule has 1 saturated carbocycles.